The van der Waals surface area contributed by atoms with Gasteiger partial charge in [-0.15, -0.1) is 10.2 Å². The van der Waals surface area contributed by atoms with Gasteiger partial charge in [-0.25, -0.2) is 8.42 Å². The summed E-state index contributed by atoms with van der Waals surface area (Å²) >= 11 is 0. The van der Waals surface area contributed by atoms with E-state index in [1.165, 1.54) is 16.4 Å². The third kappa shape index (κ3) is 3.20. The number of nitro benzene ring substituents is 1. The van der Waals surface area contributed by atoms with Gasteiger partial charge in [-0.2, -0.15) is 4.31 Å². The van der Waals surface area contributed by atoms with Crippen molar-refractivity contribution in [3.63, 3.8) is 0 Å². The number of nitro groups is 1. The standard InChI is InChI=1S/C18H23N5O4S/c1-13-8-9-14(12-16(13)23(24)25)28(26,27)22-11-5-6-15(22)18-20-19-17-7-3-2-4-10-21(17)18/h8-9,12,15H,2-7,10-11H2,1H3. The molecule has 0 radical (unpaired) electrons. The smallest absolute Gasteiger partial charge is 0.273 e. The first kappa shape index (κ1) is 19.0. The summed E-state index contributed by atoms with van der Waals surface area (Å²) in [6.07, 6.45) is 5.48. The van der Waals surface area contributed by atoms with Gasteiger partial charge >= 0.3 is 0 Å². The van der Waals surface area contributed by atoms with Crippen molar-refractivity contribution in [3.8, 4) is 0 Å². The van der Waals surface area contributed by atoms with Crippen LogP contribution in [-0.4, -0.2) is 39.0 Å². The molecule has 0 aliphatic carbocycles. The molecule has 28 heavy (non-hydrogen) atoms. The fourth-order valence-electron chi connectivity index (χ4n) is 4.12. The van der Waals surface area contributed by atoms with E-state index in [4.69, 9.17) is 0 Å². The number of benzene rings is 1. The third-order valence-corrected chi connectivity index (χ3v) is 7.53. The Kier molecular flexibility index (Phi) is 4.92. The van der Waals surface area contributed by atoms with Gasteiger partial charge in [0.2, 0.25) is 10.0 Å². The molecule has 10 heteroatoms. The Morgan fingerprint density at radius 1 is 1.14 bits per heavy atom. The first-order valence-electron chi connectivity index (χ1n) is 9.58. The van der Waals surface area contributed by atoms with E-state index in [0.29, 0.717) is 24.4 Å². The lowest BCUT2D eigenvalue weighted by Gasteiger charge is -2.24. The highest BCUT2D eigenvalue weighted by Gasteiger charge is 2.40. The number of sulfonamides is 1. The van der Waals surface area contributed by atoms with Gasteiger partial charge in [0.05, 0.1) is 15.9 Å². The van der Waals surface area contributed by atoms with Crippen LogP contribution in [0.3, 0.4) is 0 Å². The number of hydrogen-bond acceptors (Lipinski definition) is 6. The van der Waals surface area contributed by atoms with Crippen LogP contribution < -0.4 is 0 Å². The van der Waals surface area contributed by atoms with E-state index in [1.54, 1.807) is 6.92 Å². The summed E-state index contributed by atoms with van der Waals surface area (Å²) in [5.74, 6) is 1.61. The van der Waals surface area contributed by atoms with Crippen LogP contribution in [0.5, 0.6) is 0 Å². The molecule has 1 aromatic heterocycles. The number of fused-ring (bicyclic) bond motifs is 1. The SMILES string of the molecule is Cc1ccc(S(=O)(=O)N2CCCC2c2nnc3n2CCCCC3)cc1[N+](=O)[O-]. The molecule has 1 aromatic carbocycles. The largest absolute Gasteiger partial charge is 0.314 e. The predicted molar refractivity (Wildman–Crippen MR) is 101 cm³/mol. The number of hydrogen-bond donors (Lipinski definition) is 0. The summed E-state index contributed by atoms with van der Waals surface area (Å²) in [6.45, 7) is 2.77. The summed E-state index contributed by atoms with van der Waals surface area (Å²) in [4.78, 5) is 10.6. The van der Waals surface area contributed by atoms with Gasteiger partial charge in [0.1, 0.15) is 5.82 Å². The summed E-state index contributed by atoms with van der Waals surface area (Å²) < 4.78 is 30.1. The molecule has 2 aromatic rings. The first-order chi connectivity index (χ1) is 13.4. The molecule has 0 spiro atoms. The Morgan fingerprint density at radius 2 is 1.96 bits per heavy atom. The molecule has 1 atom stereocenters. The Labute approximate surface area is 163 Å². The molecule has 1 unspecified atom stereocenters. The Hall–Kier alpha value is -2.33. The van der Waals surface area contributed by atoms with Crippen LogP contribution in [0.4, 0.5) is 5.69 Å². The van der Waals surface area contributed by atoms with Gasteiger partial charge in [-0.1, -0.05) is 12.5 Å². The highest BCUT2D eigenvalue weighted by molar-refractivity contribution is 7.89. The second kappa shape index (κ2) is 7.25. The normalized spacial score (nSPS) is 20.7. The molecule has 150 valence electrons. The van der Waals surface area contributed by atoms with Crippen LogP contribution in [0.15, 0.2) is 23.1 Å². The van der Waals surface area contributed by atoms with Crippen LogP contribution >= 0.6 is 0 Å². The van der Waals surface area contributed by atoms with Crippen molar-refractivity contribution in [1.82, 2.24) is 19.1 Å². The average Bonchev–Trinajstić information content (AvgIpc) is 3.23. The first-order valence-corrected chi connectivity index (χ1v) is 11.0. The molecule has 2 aliphatic heterocycles. The minimum atomic E-state index is -3.87. The molecular weight excluding hydrogens is 382 g/mol. The maximum absolute atomic E-state index is 13.3. The van der Waals surface area contributed by atoms with E-state index in [2.05, 4.69) is 14.8 Å². The van der Waals surface area contributed by atoms with Crippen molar-refractivity contribution in [2.24, 2.45) is 0 Å². The van der Waals surface area contributed by atoms with Crippen LogP contribution in [0.1, 0.15) is 55.4 Å². The minimum Gasteiger partial charge on any atom is -0.314 e. The lowest BCUT2D eigenvalue weighted by atomic mass is 10.2. The van der Waals surface area contributed by atoms with Crippen LogP contribution in [0, 0.1) is 17.0 Å². The van der Waals surface area contributed by atoms with E-state index < -0.39 is 14.9 Å². The number of aryl methyl sites for hydroxylation is 2. The predicted octanol–water partition coefficient (Wildman–Crippen LogP) is 2.75. The van der Waals surface area contributed by atoms with Crippen LogP contribution in [-0.2, 0) is 23.0 Å². The van der Waals surface area contributed by atoms with Crippen LogP contribution in [0.25, 0.3) is 0 Å². The Balaban J connectivity index is 1.71. The van der Waals surface area contributed by atoms with Crippen molar-refractivity contribution in [2.75, 3.05) is 6.54 Å². The molecule has 1 fully saturated rings. The maximum atomic E-state index is 13.3. The Morgan fingerprint density at radius 3 is 2.75 bits per heavy atom. The van der Waals surface area contributed by atoms with Gasteiger partial charge < -0.3 is 4.57 Å². The van der Waals surface area contributed by atoms with E-state index in [0.717, 1.165) is 50.5 Å². The minimum absolute atomic E-state index is 0.0488. The molecule has 4 rings (SSSR count). The van der Waals surface area contributed by atoms with E-state index in [9.17, 15) is 18.5 Å². The van der Waals surface area contributed by atoms with Gasteiger partial charge in [0.15, 0.2) is 5.82 Å². The zero-order valence-electron chi connectivity index (χ0n) is 15.7. The molecule has 9 nitrogen and oxygen atoms in total. The summed E-state index contributed by atoms with van der Waals surface area (Å²) in [6, 6.07) is 3.70. The quantitative estimate of drug-likeness (QED) is 0.571. The third-order valence-electron chi connectivity index (χ3n) is 5.62. The van der Waals surface area contributed by atoms with E-state index in [1.807, 2.05) is 0 Å². The molecule has 0 bridgehead atoms. The van der Waals surface area contributed by atoms with Crippen molar-refractivity contribution >= 4 is 15.7 Å². The van der Waals surface area contributed by atoms with Gasteiger partial charge in [-0.05, 0) is 38.7 Å². The Bertz CT molecular complexity index is 1020. The average molecular weight is 405 g/mol. The lowest BCUT2D eigenvalue weighted by Crippen LogP contribution is -2.32. The summed E-state index contributed by atoms with van der Waals surface area (Å²) in [5, 5.41) is 19.9. The van der Waals surface area contributed by atoms with Gasteiger partial charge in [0.25, 0.3) is 5.69 Å². The van der Waals surface area contributed by atoms with Crippen molar-refractivity contribution in [2.45, 2.75) is 62.9 Å². The molecule has 0 amide bonds. The molecular formula is C18H23N5O4S. The van der Waals surface area contributed by atoms with Crippen molar-refractivity contribution in [3.05, 3.63) is 45.5 Å². The van der Waals surface area contributed by atoms with Crippen molar-refractivity contribution in [1.29, 1.82) is 0 Å². The van der Waals surface area contributed by atoms with E-state index >= 15 is 0 Å². The van der Waals surface area contributed by atoms with Crippen molar-refractivity contribution < 1.29 is 13.3 Å². The maximum Gasteiger partial charge on any atom is 0.273 e. The highest BCUT2D eigenvalue weighted by atomic mass is 32.2. The van der Waals surface area contributed by atoms with Gasteiger partial charge in [0, 0.05) is 31.1 Å². The molecule has 3 heterocycles. The summed E-state index contributed by atoms with van der Waals surface area (Å²) in [5.41, 5.74) is 0.248. The number of aromatic nitrogens is 3. The van der Waals surface area contributed by atoms with Crippen LogP contribution in [0.2, 0.25) is 0 Å². The second-order valence-corrected chi connectivity index (χ2v) is 9.31. The molecule has 0 N–H and O–H groups in total. The second-order valence-electron chi connectivity index (χ2n) is 7.42. The fraction of sp³-hybridized carbons (Fsp3) is 0.556. The molecule has 0 saturated carbocycles. The van der Waals surface area contributed by atoms with E-state index in [-0.39, 0.29) is 16.6 Å². The lowest BCUT2D eigenvalue weighted by molar-refractivity contribution is -0.385. The summed E-state index contributed by atoms with van der Waals surface area (Å²) in [7, 11) is -3.87. The monoisotopic (exact) mass is 405 g/mol. The molecule has 1 saturated heterocycles. The zero-order valence-corrected chi connectivity index (χ0v) is 16.6. The fourth-order valence-corrected chi connectivity index (χ4v) is 5.80. The molecule has 2 aliphatic rings. The topological polar surface area (TPSA) is 111 Å². The number of rotatable bonds is 4. The number of nitrogens with zero attached hydrogens (tertiary/aromatic N) is 5. The highest BCUT2D eigenvalue weighted by Crippen LogP contribution is 2.37. The zero-order chi connectivity index (χ0) is 19.9. The van der Waals surface area contributed by atoms with Gasteiger partial charge in [-0.3, -0.25) is 10.1 Å².